The summed E-state index contributed by atoms with van der Waals surface area (Å²) < 4.78 is 75.6. The first-order chi connectivity index (χ1) is 21.0. The normalized spacial score (nSPS) is 11.7. The van der Waals surface area contributed by atoms with Gasteiger partial charge in [-0.15, -0.1) is 0 Å². The Morgan fingerprint density at radius 1 is 1.00 bits per heavy atom. The Morgan fingerprint density at radius 2 is 1.67 bits per heavy atom. The van der Waals surface area contributed by atoms with Crippen LogP contribution >= 0.6 is 0 Å². The summed E-state index contributed by atoms with van der Waals surface area (Å²) in [6, 6.07) is 7.19. The van der Waals surface area contributed by atoms with Gasteiger partial charge in [0.25, 0.3) is 5.69 Å². The van der Waals surface area contributed by atoms with Crippen LogP contribution in [0, 0.1) is 10.1 Å². The van der Waals surface area contributed by atoms with Gasteiger partial charge in [-0.2, -0.15) is 18.2 Å². The molecule has 0 spiro atoms. The number of anilines is 6. The lowest BCUT2D eigenvalue weighted by molar-refractivity contribution is -0.384. The minimum Gasteiger partial charge on any atom is -0.494 e. The van der Waals surface area contributed by atoms with Gasteiger partial charge in [-0.3, -0.25) is 10.1 Å². The number of hydrogen-bond donors (Lipinski definition) is 3. The first kappa shape index (κ1) is 34.9. The first-order valence-electron chi connectivity index (χ1n) is 13.3. The van der Waals surface area contributed by atoms with Gasteiger partial charge in [-0.25, -0.2) is 13.4 Å². The quantitative estimate of drug-likeness (QED) is 0.156. The molecule has 3 N–H and O–H groups in total. The van der Waals surface area contributed by atoms with Crippen molar-refractivity contribution in [3.8, 4) is 11.5 Å². The number of likely N-dealkylation sites (N-methyl/N-ethyl adjacent to an activating group) is 2. The molecule has 18 heteroatoms. The summed E-state index contributed by atoms with van der Waals surface area (Å²) in [4.78, 5) is 22.7. The molecule has 0 saturated heterocycles. The molecule has 0 saturated carbocycles. The molecule has 0 aliphatic carbocycles. The van der Waals surface area contributed by atoms with Crippen LogP contribution in [0.25, 0.3) is 0 Å². The van der Waals surface area contributed by atoms with Crippen LogP contribution in [0.5, 0.6) is 11.5 Å². The molecule has 0 atom stereocenters. The number of halogens is 3. The number of rotatable bonds is 15. The molecule has 2 aromatic carbocycles. The summed E-state index contributed by atoms with van der Waals surface area (Å²) >= 11 is 0. The Morgan fingerprint density at radius 3 is 2.24 bits per heavy atom. The van der Waals surface area contributed by atoms with E-state index in [4.69, 9.17) is 9.47 Å². The number of aromatic nitrogens is 2. The zero-order valence-electron chi connectivity index (χ0n) is 25.5. The maximum atomic E-state index is 14.0. The van der Waals surface area contributed by atoms with Gasteiger partial charge in [0, 0.05) is 63.0 Å². The second-order valence-corrected chi connectivity index (χ2v) is 12.5. The van der Waals surface area contributed by atoms with E-state index in [2.05, 4.69) is 25.9 Å². The number of nitro benzene ring substituents is 1. The molecule has 0 radical (unpaired) electrons. The Balaban J connectivity index is 1.98. The number of hydrogen-bond acceptors (Lipinski definition) is 13. The smallest absolute Gasteiger partial charge is 0.421 e. The number of nitrogens with zero attached hydrogens (tertiary/aromatic N) is 5. The molecule has 3 rings (SSSR count). The summed E-state index contributed by atoms with van der Waals surface area (Å²) in [5.41, 5.74) is -0.632. The lowest BCUT2D eigenvalue weighted by atomic mass is 10.2. The third-order valence-electron chi connectivity index (χ3n) is 6.38. The van der Waals surface area contributed by atoms with Crippen molar-refractivity contribution >= 4 is 50.0 Å². The number of ether oxygens (including phenoxy) is 2. The van der Waals surface area contributed by atoms with Crippen molar-refractivity contribution < 1.29 is 36.0 Å². The number of sulfone groups is 1. The SMILES string of the molecule is COc1cc(NCCS(C)(=O)=O)ccc1Nc1ncc(C(F)(F)F)c(Nc2cc([N+](=O)[O-])c(N(C)CCN(C)C)cc2OC)n1. The van der Waals surface area contributed by atoms with Crippen LogP contribution in [-0.2, 0) is 16.0 Å². The Hall–Kier alpha value is -4.58. The van der Waals surface area contributed by atoms with E-state index < -0.39 is 32.3 Å². The molecule has 0 unspecified atom stereocenters. The van der Waals surface area contributed by atoms with Crippen LogP contribution in [0.3, 0.4) is 0 Å². The molecular weight excluding hydrogens is 621 g/mol. The fourth-order valence-corrected chi connectivity index (χ4v) is 4.50. The minimum atomic E-state index is -4.87. The van der Waals surface area contributed by atoms with Gasteiger partial charge >= 0.3 is 6.18 Å². The molecule has 0 fully saturated rings. The van der Waals surface area contributed by atoms with E-state index in [0.717, 1.165) is 12.3 Å². The average Bonchev–Trinajstić information content (AvgIpc) is 2.95. The molecule has 3 aromatic rings. The predicted octanol–water partition coefficient (Wildman–Crippen LogP) is 4.36. The predicted molar refractivity (Wildman–Crippen MR) is 166 cm³/mol. The molecule has 0 bridgehead atoms. The van der Waals surface area contributed by atoms with Crippen molar-refractivity contribution in [1.29, 1.82) is 0 Å². The maximum absolute atomic E-state index is 14.0. The third kappa shape index (κ3) is 9.70. The Bertz CT molecular complexity index is 1620. The summed E-state index contributed by atoms with van der Waals surface area (Å²) in [6.45, 7) is 1.18. The van der Waals surface area contributed by atoms with Crippen molar-refractivity contribution in [1.82, 2.24) is 14.9 Å². The molecule has 246 valence electrons. The van der Waals surface area contributed by atoms with Gasteiger partial charge in [-0.05, 0) is 26.2 Å². The highest BCUT2D eigenvalue weighted by molar-refractivity contribution is 7.90. The average molecular weight is 657 g/mol. The van der Waals surface area contributed by atoms with E-state index in [1.54, 1.807) is 30.1 Å². The van der Waals surface area contributed by atoms with Gasteiger partial charge in [-0.1, -0.05) is 0 Å². The summed E-state index contributed by atoms with van der Waals surface area (Å²) in [5, 5.41) is 20.3. The molecule has 14 nitrogen and oxygen atoms in total. The molecule has 45 heavy (non-hydrogen) atoms. The second-order valence-electron chi connectivity index (χ2n) is 10.2. The molecule has 1 aromatic heterocycles. The van der Waals surface area contributed by atoms with Crippen molar-refractivity contribution in [3.05, 3.63) is 52.2 Å². The molecule has 0 amide bonds. The standard InChI is InChI=1S/C27H35F3N8O6S/c1-36(2)10-11-37(3)21-15-24(44-5)20(14-22(21)38(39)40)33-25-18(27(28,29)30)16-32-26(35-25)34-19-8-7-17(13-23(19)43-4)31-9-12-45(6,41)42/h7-8,13-16,31H,9-12H2,1-6H3,(H2,32,33,34,35). The van der Waals surface area contributed by atoms with Crippen molar-refractivity contribution in [2.75, 3.05) is 87.9 Å². The van der Waals surface area contributed by atoms with Crippen LogP contribution in [0.1, 0.15) is 5.56 Å². The minimum absolute atomic E-state index is 0.0502. The van der Waals surface area contributed by atoms with Crippen molar-refractivity contribution in [2.24, 2.45) is 0 Å². The Kier molecular flexibility index (Phi) is 11.2. The topological polar surface area (TPSA) is 164 Å². The molecular formula is C27H35F3N8O6S. The van der Waals surface area contributed by atoms with Crippen LogP contribution < -0.4 is 30.3 Å². The third-order valence-corrected chi connectivity index (χ3v) is 7.33. The van der Waals surface area contributed by atoms with E-state index >= 15 is 0 Å². The molecule has 0 aliphatic heterocycles. The molecule has 1 heterocycles. The number of benzene rings is 2. The lowest BCUT2D eigenvalue weighted by Crippen LogP contribution is -2.29. The molecule has 0 aliphatic rings. The first-order valence-corrected chi connectivity index (χ1v) is 15.4. The highest BCUT2D eigenvalue weighted by Crippen LogP contribution is 2.42. The van der Waals surface area contributed by atoms with Crippen LogP contribution in [-0.4, -0.2) is 95.2 Å². The summed E-state index contributed by atoms with van der Waals surface area (Å²) in [5.74, 6) is -0.693. The van der Waals surface area contributed by atoms with Crippen LogP contribution in [0.4, 0.5) is 53.4 Å². The van der Waals surface area contributed by atoms with Gasteiger partial charge in [0.2, 0.25) is 5.95 Å². The van der Waals surface area contributed by atoms with Crippen molar-refractivity contribution in [2.45, 2.75) is 6.18 Å². The van der Waals surface area contributed by atoms with E-state index in [0.29, 0.717) is 30.7 Å². The number of methoxy groups -OCH3 is 2. The summed E-state index contributed by atoms with van der Waals surface area (Å²) in [7, 11) is 4.86. The maximum Gasteiger partial charge on any atom is 0.421 e. The number of nitro groups is 1. The second kappa shape index (κ2) is 14.5. The van der Waals surface area contributed by atoms with Crippen LogP contribution in [0.15, 0.2) is 36.5 Å². The summed E-state index contributed by atoms with van der Waals surface area (Å²) in [6.07, 6.45) is -3.17. The highest BCUT2D eigenvalue weighted by Gasteiger charge is 2.36. The monoisotopic (exact) mass is 656 g/mol. The number of nitrogens with one attached hydrogen (secondary N) is 3. The zero-order valence-corrected chi connectivity index (χ0v) is 26.3. The van der Waals surface area contributed by atoms with Gasteiger partial charge in [0.05, 0.1) is 36.3 Å². The largest absolute Gasteiger partial charge is 0.494 e. The van der Waals surface area contributed by atoms with E-state index in [1.807, 2.05) is 19.0 Å². The van der Waals surface area contributed by atoms with E-state index in [1.165, 1.54) is 20.3 Å². The van der Waals surface area contributed by atoms with Crippen molar-refractivity contribution in [3.63, 3.8) is 0 Å². The fraction of sp³-hybridized carbons (Fsp3) is 0.407. The zero-order chi connectivity index (χ0) is 33.5. The van der Waals surface area contributed by atoms with E-state index in [-0.39, 0.29) is 46.8 Å². The highest BCUT2D eigenvalue weighted by atomic mass is 32.2. The van der Waals surface area contributed by atoms with Gasteiger partial charge < -0.3 is 35.2 Å². The van der Waals surface area contributed by atoms with Gasteiger partial charge in [0.15, 0.2) is 0 Å². The number of alkyl halides is 3. The Labute approximate surface area is 258 Å². The van der Waals surface area contributed by atoms with Crippen LogP contribution in [0.2, 0.25) is 0 Å². The lowest BCUT2D eigenvalue weighted by Gasteiger charge is -2.23. The van der Waals surface area contributed by atoms with E-state index in [9.17, 15) is 31.7 Å². The van der Waals surface area contributed by atoms with Gasteiger partial charge in [0.1, 0.15) is 38.4 Å². The fourth-order valence-electron chi connectivity index (χ4n) is 4.02.